The molecule has 0 radical (unpaired) electrons. The zero-order valence-electron chi connectivity index (χ0n) is 11.3. The van der Waals surface area contributed by atoms with Gasteiger partial charge >= 0.3 is 0 Å². The standard InChI is InChI=1S/C15H19BrN2O2/c16-11-1-5-14(6-2-11)20-10-15(19)18-12-3-4-13(18)9-17-8-7-12/h1-2,5-6,12-13,17H,3-4,7-10H2. The lowest BCUT2D eigenvalue weighted by atomic mass is 10.1. The van der Waals surface area contributed by atoms with Crippen LogP contribution in [0, 0.1) is 0 Å². The Labute approximate surface area is 127 Å². The van der Waals surface area contributed by atoms with Gasteiger partial charge in [-0.25, -0.2) is 0 Å². The summed E-state index contributed by atoms with van der Waals surface area (Å²) in [4.78, 5) is 14.5. The van der Waals surface area contributed by atoms with Crippen LogP contribution in [0.2, 0.25) is 0 Å². The van der Waals surface area contributed by atoms with E-state index >= 15 is 0 Å². The monoisotopic (exact) mass is 338 g/mol. The molecule has 4 nitrogen and oxygen atoms in total. The molecule has 2 bridgehead atoms. The Balaban J connectivity index is 1.60. The first kappa shape index (κ1) is 13.9. The number of nitrogens with one attached hydrogen (secondary N) is 1. The van der Waals surface area contributed by atoms with E-state index in [9.17, 15) is 4.79 Å². The number of benzene rings is 1. The molecule has 0 aliphatic carbocycles. The van der Waals surface area contributed by atoms with Gasteiger partial charge in [0.1, 0.15) is 5.75 Å². The van der Waals surface area contributed by atoms with Crippen LogP contribution in [0.4, 0.5) is 0 Å². The normalized spacial score (nSPS) is 25.4. The number of carbonyl (C=O) groups excluding carboxylic acids is 1. The van der Waals surface area contributed by atoms with E-state index in [1.54, 1.807) is 0 Å². The maximum atomic E-state index is 12.4. The topological polar surface area (TPSA) is 41.6 Å². The van der Waals surface area contributed by atoms with Gasteiger partial charge in [-0.05, 0) is 50.1 Å². The molecule has 2 atom stereocenters. The Morgan fingerprint density at radius 2 is 2.00 bits per heavy atom. The van der Waals surface area contributed by atoms with Gasteiger partial charge in [0.25, 0.3) is 5.91 Å². The van der Waals surface area contributed by atoms with E-state index in [1.807, 2.05) is 24.3 Å². The van der Waals surface area contributed by atoms with Gasteiger partial charge in [-0.1, -0.05) is 15.9 Å². The summed E-state index contributed by atoms with van der Waals surface area (Å²) in [6.45, 7) is 2.06. The van der Waals surface area contributed by atoms with Crippen LogP contribution < -0.4 is 10.1 Å². The van der Waals surface area contributed by atoms with E-state index in [0.29, 0.717) is 12.1 Å². The quantitative estimate of drug-likeness (QED) is 0.918. The Morgan fingerprint density at radius 1 is 1.25 bits per heavy atom. The van der Waals surface area contributed by atoms with Crippen LogP contribution in [0.3, 0.4) is 0 Å². The number of hydrogen-bond acceptors (Lipinski definition) is 3. The minimum absolute atomic E-state index is 0.115. The van der Waals surface area contributed by atoms with Gasteiger partial charge in [0.15, 0.2) is 6.61 Å². The average molecular weight is 339 g/mol. The number of amides is 1. The predicted molar refractivity (Wildman–Crippen MR) is 80.8 cm³/mol. The molecule has 1 N–H and O–H groups in total. The Morgan fingerprint density at radius 3 is 2.80 bits per heavy atom. The molecule has 2 aliphatic rings. The smallest absolute Gasteiger partial charge is 0.261 e. The summed E-state index contributed by atoms with van der Waals surface area (Å²) in [6.07, 6.45) is 3.30. The predicted octanol–water partition coefficient (Wildman–Crippen LogP) is 2.18. The molecule has 2 heterocycles. The van der Waals surface area contributed by atoms with Crippen molar-refractivity contribution in [3.63, 3.8) is 0 Å². The lowest BCUT2D eigenvalue weighted by Crippen LogP contribution is -2.44. The number of halogens is 1. The lowest BCUT2D eigenvalue weighted by molar-refractivity contribution is -0.136. The van der Waals surface area contributed by atoms with Gasteiger partial charge in [-0.3, -0.25) is 4.79 Å². The largest absolute Gasteiger partial charge is 0.484 e. The maximum Gasteiger partial charge on any atom is 0.261 e. The van der Waals surface area contributed by atoms with Crippen LogP contribution in [-0.4, -0.2) is 42.6 Å². The number of hydrogen-bond donors (Lipinski definition) is 1. The van der Waals surface area contributed by atoms with Crippen LogP contribution in [0.5, 0.6) is 5.75 Å². The number of nitrogens with zero attached hydrogens (tertiary/aromatic N) is 1. The lowest BCUT2D eigenvalue weighted by Gasteiger charge is -2.27. The second-order valence-corrected chi connectivity index (χ2v) is 6.34. The van der Waals surface area contributed by atoms with E-state index in [4.69, 9.17) is 4.74 Å². The minimum Gasteiger partial charge on any atom is -0.484 e. The summed E-state index contributed by atoms with van der Waals surface area (Å²) < 4.78 is 6.62. The fraction of sp³-hybridized carbons (Fsp3) is 0.533. The van der Waals surface area contributed by atoms with E-state index in [2.05, 4.69) is 26.1 Å². The molecule has 5 heteroatoms. The van der Waals surface area contributed by atoms with Crippen molar-refractivity contribution in [2.45, 2.75) is 31.3 Å². The van der Waals surface area contributed by atoms with Crippen LogP contribution >= 0.6 is 15.9 Å². The van der Waals surface area contributed by atoms with Gasteiger partial charge in [0.05, 0.1) is 0 Å². The molecule has 2 unspecified atom stereocenters. The van der Waals surface area contributed by atoms with Crippen LogP contribution in [0.15, 0.2) is 28.7 Å². The van der Waals surface area contributed by atoms with Crippen LogP contribution in [0.25, 0.3) is 0 Å². The summed E-state index contributed by atoms with van der Waals surface area (Å²) in [5.74, 6) is 0.853. The minimum atomic E-state index is 0.115. The highest BCUT2D eigenvalue weighted by atomic mass is 79.9. The third-order valence-electron chi connectivity index (χ3n) is 4.12. The second kappa shape index (κ2) is 6.14. The number of carbonyl (C=O) groups is 1. The van der Waals surface area contributed by atoms with E-state index in [-0.39, 0.29) is 12.5 Å². The average Bonchev–Trinajstić information content (AvgIpc) is 2.71. The van der Waals surface area contributed by atoms with Crippen molar-refractivity contribution in [3.8, 4) is 5.75 Å². The summed E-state index contributed by atoms with van der Waals surface area (Å²) >= 11 is 3.38. The van der Waals surface area contributed by atoms with Gasteiger partial charge in [0, 0.05) is 23.1 Å². The first-order chi connectivity index (χ1) is 9.74. The molecule has 20 heavy (non-hydrogen) atoms. The fourth-order valence-corrected chi connectivity index (χ4v) is 3.40. The summed E-state index contributed by atoms with van der Waals surface area (Å²) in [7, 11) is 0. The molecule has 0 spiro atoms. The summed E-state index contributed by atoms with van der Waals surface area (Å²) in [5, 5.41) is 3.40. The number of rotatable bonds is 3. The molecular formula is C15H19BrN2O2. The van der Waals surface area contributed by atoms with Crippen molar-refractivity contribution in [1.29, 1.82) is 0 Å². The molecule has 2 fully saturated rings. The molecule has 3 rings (SSSR count). The van der Waals surface area contributed by atoms with Gasteiger partial charge in [-0.15, -0.1) is 0 Å². The van der Waals surface area contributed by atoms with Crippen LogP contribution in [0.1, 0.15) is 19.3 Å². The molecule has 1 aromatic carbocycles. The second-order valence-electron chi connectivity index (χ2n) is 5.42. The molecule has 2 saturated heterocycles. The highest BCUT2D eigenvalue weighted by Crippen LogP contribution is 2.28. The highest BCUT2D eigenvalue weighted by molar-refractivity contribution is 9.10. The Bertz CT molecular complexity index is 463. The Hall–Kier alpha value is -1.07. The molecule has 1 aromatic rings. The number of ether oxygens (including phenoxy) is 1. The zero-order chi connectivity index (χ0) is 13.9. The first-order valence-corrected chi connectivity index (χ1v) is 7.93. The molecule has 2 aliphatic heterocycles. The van der Waals surface area contributed by atoms with Gasteiger partial charge in [0.2, 0.25) is 0 Å². The third-order valence-corrected chi connectivity index (χ3v) is 4.65. The van der Waals surface area contributed by atoms with Gasteiger partial charge < -0.3 is 15.0 Å². The van der Waals surface area contributed by atoms with E-state index in [1.165, 1.54) is 0 Å². The van der Waals surface area contributed by atoms with Crippen molar-refractivity contribution >= 4 is 21.8 Å². The van der Waals surface area contributed by atoms with Crippen LogP contribution in [-0.2, 0) is 4.79 Å². The number of fused-ring (bicyclic) bond motifs is 2. The highest BCUT2D eigenvalue weighted by Gasteiger charge is 2.37. The van der Waals surface area contributed by atoms with Crippen molar-refractivity contribution in [2.75, 3.05) is 19.7 Å². The molecule has 0 aromatic heterocycles. The first-order valence-electron chi connectivity index (χ1n) is 7.14. The van der Waals surface area contributed by atoms with Crippen molar-refractivity contribution in [1.82, 2.24) is 10.2 Å². The van der Waals surface area contributed by atoms with Crippen molar-refractivity contribution in [2.24, 2.45) is 0 Å². The van der Waals surface area contributed by atoms with E-state index < -0.39 is 0 Å². The van der Waals surface area contributed by atoms with Gasteiger partial charge in [-0.2, -0.15) is 0 Å². The summed E-state index contributed by atoms with van der Waals surface area (Å²) in [5.41, 5.74) is 0. The molecule has 0 saturated carbocycles. The Kier molecular flexibility index (Phi) is 4.27. The zero-order valence-corrected chi connectivity index (χ0v) is 12.9. The SMILES string of the molecule is O=C(COc1ccc(Br)cc1)N1C2CCNCC1CC2. The molecule has 108 valence electrons. The third kappa shape index (κ3) is 2.99. The van der Waals surface area contributed by atoms with E-state index in [0.717, 1.165) is 42.6 Å². The van der Waals surface area contributed by atoms with Crippen molar-refractivity contribution in [3.05, 3.63) is 28.7 Å². The molecular weight excluding hydrogens is 320 g/mol. The molecule has 1 amide bonds. The fourth-order valence-electron chi connectivity index (χ4n) is 3.14. The van der Waals surface area contributed by atoms with Crippen molar-refractivity contribution < 1.29 is 9.53 Å². The summed E-state index contributed by atoms with van der Waals surface area (Å²) in [6, 6.07) is 8.32. The maximum absolute atomic E-state index is 12.4.